The molecule has 2 N–H and O–H groups in total. The molecule has 0 radical (unpaired) electrons. The molecular weight excluding hydrogens is 513 g/mol. The third-order valence-electron chi connectivity index (χ3n) is 5.65. The molecule has 0 atom stereocenters. The first-order chi connectivity index (χ1) is 18.2. The van der Waals surface area contributed by atoms with Crippen molar-refractivity contribution in [1.29, 1.82) is 5.26 Å². The molecule has 0 spiro atoms. The number of imidazole rings is 1. The van der Waals surface area contributed by atoms with Crippen LogP contribution in [-0.4, -0.2) is 45.1 Å². The van der Waals surface area contributed by atoms with Crippen molar-refractivity contribution in [3.8, 4) is 6.07 Å². The SMILES string of the molecule is C=CCNC(=S)N(CCNC(=O)Cc1cncn1Cc1ccc(C#N)cc1)Cc1ccccc1C(F)(F)F. The van der Waals surface area contributed by atoms with E-state index in [2.05, 4.69) is 28.3 Å². The number of alkyl halides is 3. The molecule has 198 valence electrons. The smallest absolute Gasteiger partial charge is 0.359 e. The number of nitrogens with zero attached hydrogens (tertiary/aromatic N) is 4. The Labute approximate surface area is 224 Å². The lowest BCUT2D eigenvalue weighted by molar-refractivity contribution is -0.138. The van der Waals surface area contributed by atoms with E-state index in [1.807, 2.05) is 16.7 Å². The molecule has 0 saturated carbocycles. The predicted molar refractivity (Wildman–Crippen MR) is 142 cm³/mol. The van der Waals surface area contributed by atoms with Crippen LogP contribution in [0.15, 0.2) is 73.7 Å². The van der Waals surface area contributed by atoms with Gasteiger partial charge in [0.05, 0.1) is 29.9 Å². The fourth-order valence-electron chi connectivity index (χ4n) is 3.74. The van der Waals surface area contributed by atoms with E-state index in [1.54, 1.807) is 41.7 Å². The fourth-order valence-corrected chi connectivity index (χ4v) is 3.98. The molecule has 7 nitrogen and oxygen atoms in total. The average molecular weight is 541 g/mol. The van der Waals surface area contributed by atoms with E-state index in [4.69, 9.17) is 17.5 Å². The van der Waals surface area contributed by atoms with Crippen LogP contribution in [0.1, 0.15) is 27.9 Å². The standard InChI is InChI=1S/C27H27F3N6OS/c1-2-11-34-26(38)35(18-22-5-3-4-6-24(22)27(28,29)30)13-12-33-25(37)14-23-16-32-19-36(23)17-21-9-7-20(15-31)8-10-21/h2-10,16,19H,1,11-14,17-18H2,(H,33,37)(H,34,38). The van der Waals surface area contributed by atoms with Gasteiger partial charge in [0, 0.05) is 44.6 Å². The van der Waals surface area contributed by atoms with Crippen molar-refractivity contribution in [2.45, 2.75) is 25.7 Å². The summed E-state index contributed by atoms with van der Waals surface area (Å²) in [6.07, 6.45) is 0.416. The summed E-state index contributed by atoms with van der Waals surface area (Å²) < 4.78 is 42.3. The molecule has 1 aromatic heterocycles. The summed E-state index contributed by atoms with van der Waals surface area (Å²) in [5, 5.41) is 15.0. The second-order valence-electron chi connectivity index (χ2n) is 8.40. The molecule has 0 saturated heterocycles. The van der Waals surface area contributed by atoms with Crippen molar-refractivity contribution in [3.63, 3.8) is 0 Å². The summed E-state index contributed by atoms with van der Waals surface area (Å²) in [7, 11) is 0. The summed E-state index contributed by atoms with van der Waals surface area (Å²) in [6, 6.07) is 14.6. The molecular formula is C27H27F3N6OS. The summed E-state index contributed by atoms with van der Waals surface area (Å²) >= 11 is 5.39. The first kappa shape index (κ1) is 28.4. The zero-order valence-corrected chi connectivity index (χ0v) is 21.4. The maximum Gasteiger partial charge on any atom is 0.416 e. The number of nitriles is 1. The fraction of sp³-hybridized carbons (Fsp3) is 0.259. The molecule has 0 unspecified atom stereocenters. The molecule has 1 heterocycles. The lowest BCUT2D eigenvalue weighted by Gasteiger charge is -2.27. The van der Waals surface area contributed by atoms with E-state index in [-0.39, 0.29) is 42.6 Å². The Balaban J connectivity index is 1.60. The minimum atomic E-state index is -4.49. The van der Waals surface area contributed by atoms with Gasteiger partial charge >= 0.3 is 6.18 Å². The van der Waals surface area contributed by atoms with Gasteiger partial charge in [0.2, 0.25) is 5.91 Å². The monoisotopic (exact) mass is 540 g/mol. The van der Waals surface area contributed by atoms with Crippen LogP contribution in [0.4, 0.5) is 13.2 Å². The third kappa shape index (κ3) is 8.18. The predicted octanol–water partition coefficient (Wildman–Crippen LogP) is 4.04. The number of benzene rings is 2. The summed E-state index contributed by atoms with van der Waals surface area (Å²) in [6.45, 7) is 4.76. The number of carbonyl (C=O) groups excluding carboxylic acids is 1. The van der Waals surface area contributed by atoms with Gasteiger partial charge < -0.3 is 20.1 Å². The molecule has 0 aliphatic heterocycles. The maximum atomic E-state index is 13.5. The van der Waals surface area contributed by atoms with Gasteiger partial charge in [-0.25, -0.2) is 4.98 Å². The second kappa shape index (κ2) is 13.4. The Hall–Kier alpha value is -4.17. The minimum absolute atomic E-state index is 0.0757. The number of halogens is 3. The van der Waals surface area contributed by atoms with Gasteiger partial charge in [0.25, 0.3) is 0 Å². The van der Waals surface area contributed by atoms with Crippen LogP contribution in [0.5, 0.6) is 0 Å². The van der Waals surface area contributed by atoms with E-state index < -0.39 is 11.7 Å². The van der Waals surface area contributed by atoms with Crippen molar-refractivity contribution in [3.05, 3.63) is 102 Å². The number of carbonyl (C=O) groups is 1. The van der Waals surface area contributed by atoms with E-state index in [9.17, 15) is 18.0 Å². The van der Waals surface area contributed by atoms with Crippen LogP contribution in [0.25, 0.3) is 0 Å². The van der Waals surface area contributed by atoms with Crippen LogP contribution in [0.2, 0.25) is 0 Å². The van der Waals surface area contributed by atoms with Crippen LogP contribution < -0.4 is 10.6 Å². The van der Waals surface area contributed by atoms with E-state index >= 15 is 0 Å². The Bertz CT molecular complexity index is 1300. The van der Waals surface area contributed by atoms with Gasteiger partial charge in [-0.15, -0.1) is 6.58 Å². The van der Waals surface area contributed by atoms with Gasteiger partial charge in [-0.2, -0.15) is 18.4 Å². The Kier molecular flexibility index (Phi) is 10.0. The molecule has 0 fully saturated rings. The summed E-state index contributed by atoms with van der Waals surface area (Å²) in [5.74, 6) is -0.257. The highest BCUT2D eigenvalue weighted by Crippen LogP contribution is 2.32. The Morgan fingerprint density at radius 1 is 1.18 bits per heavy atom. The minimum Gasteiger partial charge on any atom is -0.359 e. The topological polar surface area (TPSA) is 86.0 Å². The van der Waals surface area contributed by atoms with Crippen LogP contribution in [0.3, 0.4) is 0 Å². The van der Waals surface area contributed by atoms with E-state index in [1.165, 1.54) is 12.1 Å². The highest BCUT2D eigenvalue weighted by molar-refractivity contribution is 7.80. The van der Waals surface area contributed by atoms with Gasteiger partial charge in [-0.05, 0) is 41.5 Å². The summed E-state index contributed by atoms with van der Waals surface area (Å²) in [4.78, 5) is 18.4. The van der Waals surface area contributed by atoms with Crippen molar-refractivity contribution >= 4 is 23.2 Å². The first-order valence-electron chi connectivity index (χ1n) is 11.7. The van der Waals surface area contributed by atoms with Gasteiger partial charge in [-0.1, -0.05) is 36.4 Å². The third-order valence-corrected chi connectivity index (χ3v) is 6.05. The molecule has 3 aromatic rings. The summed E-state index contributed by atoms with van der Waals surface area (Å²) in [5.41, 5.74) is 1.58. The van der Waals surface area contributed by atoms with Gasteiger partial charge in [-0.3, -0.25) is 4.79 Å². The molecule has 0 bridgehead atoms. The molecule has 0 aliphatic carbocycles. The van der Waals surface area contributed by atoms with Gasteiger partial charge in [0.1, 0.15) is 0 Å². The number of hydrogen-bond acceptors (Lipinski definition) is 4. The second-order valence-corrected chi connectivity index (χ2v) is 8.79. The van der Waals surface area contributed by atoms with Crippen molar-refractivity contribution in [2.75, 3.05) is 19.6 Å². The number of amides is 1. The molecule has 38 heavy (non-hydrogen) atoms. The van der Waals surface area contributed by atoms with Crippen LogP contribution in [-0.2, 0) is 30.5 Å². The van der Waals surface area contributed by atoms with Crippen molar-refractivity contribution in [1.82, 2.24) is 25.1 Å². The molecule has 2 aromatic carbocycles. The molecule has 0 aliphatic rings. The Morgan fingerprint density at radius 2 is 1.92 bits per heavy atom. The molecule has 11 heteroatoms. The largest absolute Gasteiger partial charge is 0.416 e. The first-order valence-corrected chi connectivity index (χ1v) is 12.2. The number of nitrogens with one attached hydrogen (secondary N) is 2. The van der Waals surface area contributed by atoms with Crippen molar-refractivity contribution < 1.29 is 18.0 Å². The highest BCUT2D eigenvalue weighted by atomic mass is 32.1. The number of hydrogen-bond donors (Lipinski definition) is 2. The molecule has 3 rings (SSSR count). The normalized spacial score (nSPS) is 10.9. The van der Waals surface area contributed by atoms with E-state index in [0.717, 1.165) is 11.6 Å². The Morgan fingerprint density at radius 3 is 2.61 bits per heavy atom. The number of rotatable bonds is 11. The number of aromatic nitrogens is 2. The molecule has 1 amide bonds. The van der Waals surface area contributed by atoms with Gasteiger partial charge in [0.15, 0.2) is 5.11 Å². The lowest BCUT2D eigenvalue weighted by Crippen LogP contribution is -2.44. The zero-order chi connectivity index (χ0) is 27.5. The van der Waals surface area contributed by atoms with E-state index in [0.29, 0.717) is 24.3 Å². The maximum absolute atomic E-state index is 13.5. The zero-order valence-electron chi connectivity index (χ0n) is 20.5. The van der Waals surface area contributed by atoms with Crippen LogP contribution in [0, 0.1) is 11.3 Å². The average Bonchev–Trinajstić information content (AvgIpc) is 3.32. The number of thiocarbonyl (C=S) groups is 1. The van der Waals surface area contributed by atoms with Crippen LogP contribution >= 0.6 is 12.2 Å². The van der Waals surface area contributed by atoms with Crippen molar-refractivity contribution in [2.24, 2.45) is 0 Å². The lowest BCUT2D eigenvalue weighted by atomic mass is 10.1. The quantitative estimate of drug-likeness (QED) is 0.282. The highest BCUT2D eigenvalue weighted by Gasteiger charge is 2.33.